The van der Waals surface area contributed by atoms with Crippen LogP contribution < -0.4 is 5.73 Å². The van der Waals surface area contributed by atoms with Crippen LogP contribution in [-0.4, -0.2) is 49.9 Å². The molecule has 0 amide bonds. The Morgan fingerprint density at radius 1 is 0.580 bits per heavy atom. The third kappa shape index (κ3) is 38.5. The Morgan fingerprint density at radius 3 is 1.46 bits per heavy atom. The average Bonchev–Trinajstić information content (AvgIpc) is 3.11. The molecule has 0 aliphatic heterocycles. The molecule has 1 unspecified atom stereocenters. The van der Waals surface area contributed by atoms with Crippen LogP contribution in [0.4, 0.5) is 0 Å². The Bertz CT molecular complexity index is 782. The molecule has 8 nitrogen and oxygen atoms in total. The lowest BCUT2D eigenvalue weighted by atomic mass is 10.0. The number of phosphoric ester groups is 1. The summed E-state index contributed by atoms with van der Waals surface area (Å²) in [4.78, 5) is 22.3. The largest absolute Gasteiger partial charge is 0.472 e. The Morgan fingerprint density at radius 2 is 1.00 bits per heavy atom. The quantitative estimate of drug-likeness (QED) is 0.0276. The maximum absolute atomic E-state index is 12.4. The molecular weight excluding hydrogens is 649 g/mol. The van der Waals surface area contributed by atoms with Gasteiger partial charge in [0.05, 0.1) is 13.2 Å². The lowest BCUT2D eigenvalue weighted by Crippen LogP contribution is -2.27. The molecular formula is C41H82NO7P. The lowest BCUT2D eigenvalue weighted by molar-refractivity contribution is -0.149. The predicted octanol–water partition coefficient (Wildman–Crippen LogP) is 12.3. The molecule has 0 aromatic carbocycles. The molecule has 0 spiro atoms. The second kappa shape index (κ2) is 39.4. The van der Waals surface area contributed by atoms with Crippen LogP contribution in [0.2, 0.25) is 0 Å². The van der Waals surface area contributed by atoms with Gasteiger partial charge in [-0.3, -0.25) is 13.8 Å². The van der Waals surface area contributed by atoms with Crippen molar-refractivity contribution in [3.05, 3.63) is 12.2 Å². The predicted molar refractivity (Wildman–Crippen MR) is 210 cm³/mol. The van der Waals surface area contributed by atoms with Gasteiger partial charge in [-0.05, 0) is 38.5 Å². The van der Waals surface area contributed by atoms with Crippen LogP contribution in [0, 0.1) is 0 Å². The monoisotopic (exact) mass is 732 g/mol. The fourth-order valence-corrected chi connectivity index (χ4v) is 6.79. The number of phosphoric acid groups is 1. The van der Waals surface area contributed by atoms with Crippen molar-refractivity contribution < 1.29 is 32.8 Å². The Balaban J connectivity index is 4.02. The first kappa shape index (κ1) is 49.2. The first-order valence-corrected chi connectivity index (χ1v) is 22.7. The topological polar surface area (TPSA) is 117 Å². The fourth-order valence-electron chi connectivity index (χ4n) is 6.03. The third-order valence-electron chi connectivity index (χ3n) is 9.22. The minimum absolute atomic E-state index is 0.0131. The maximum atomic E-state index is 12.4. The summed E-state index contributed by atoms with van der Waals surface area (Å²) >= 11 is 0. The zero-order valence-corrected chi connectivity index (χ0v) is 33.8. The summed E-state index contributed by atoms with van der Waals surface area (Å²) in [5, 5.41) is 0. The Kier molecular flexibility index (Phi) is 38.8. The van der Waals surface area contributed by atoms with Crippen LogP contribution in [0.15, 0.2) is 12.2 Å². The van der Waals surface area contributed by atoms with Crippen LogP contribution in [0.1, 0.15) is 206 Å². The minimum Gasteiger partial charge on any atom is -0.463 e. The smallest absolute Gasteiger partial charge is 0.463 e. The van der Waals surface area contributed by atoms with E-state index >= 15 is 0 Å². The third-order valence-corrected chi connectivity index (χ3v) is 10.2. The van der Waals surface area contributed by atoms with Crippen LogP contribution in [0.25, 0.3) is 0 Å². The molecule has 0 aromatic heterocycles. The molecule has 0 saturated carbocycles. The van der Waals surface area contributed by atoms with Gasteiger partial charge in [-0.15, -0.1) is 0 Å². The van der Waals surface area contributed by atoms with Crippen molar-refractivity contribution in [3.8, 4) is 0 Å². The zero-order chi connectivity index (χ0) is 36.6. The van der Waals surface area contributed by atoms with Crippen molar-refractivity contribution in [2.75, 3.05) is 33.0 Å². The molecule has 50 heavy (non-hydrogen) atoms. The number of carbonyl (C=O) groups is 1. The van der Waals surface area contributed by atoms with E-state index in [0.717, 1.165) is 38.5 Å². The molecule has 0 saturated heterocycles. The van der Waals surface area contributed by atoms with E-state index in [2.05, 4.69) is 26.0 Å². The van der Waals surface area contributed by atoms with Crippen molar-refractivity contribution >= 4 is 13.8 Å². The highest BCUT2D eigenvalue weighted by Gasteiger charge is 2.24. The number of allylic oxidation sites excluding steroid dienone is 2. The highest BCUT2D eigenvalue weighted by atomic mass is 31.2. The molecule has 0 aromatic rings. The highest BCUT2D eigenvalue weighted by Crippen LogP contribution is 2.43. The number of unbranched alkanes of at least 4 members (excludes halogenated alkanes) is 26. The van der Waals surface area contributed by atoms with Gasteiger partial charge in [0.2, 0.25) is 0 Å². The van der Waals surface area contributed by atoms with E-state index in [1.54, 1.807) is 0 Å². The number of esters is 1. The molecule has 0 radical (unpaired) electrons. The van der Waals surface area contributed by atoms with Gasteiger partial charge in [0.25, 0.3) is 0 Å². The normalized spacial score (nSPS) is 13.6. The summed E-state index contributed by atoms with van der Waals surface area (Å²) in [6.07, 6.45) is 40.9. The molecule has 298 valence electrons. The van der Waals surface area contributed by atoms with E-state index in [-0.39, 0.29) is 32.3 Å². The van der Waals surface area contributed by atoms with Crippen molar-refractivity contribution in [1.82, 2.24) is 0 Å². The van der Waals surface area contributed by atoms with Crippen LogP contribution in [-0.2, 0) is 27.9 Å². The number of rotatable bonds is 41. The fraction of sp³-hybridized carbons (Fsp3) is 0.927. The van der Waals surface area contributed by atoms with E-state index in [1.165, 1.54) is 148 Å². The molecule has 0 aliphatic rings. The number of nitrogens with two attached hydrogens (primary N) is 1. The minimum atomic E-state index is -4.24. The van der Waals surface area contributed by atoms with Gasteiger partial charge in [0.15, 0.2) is 0 Å². The van der Waals surface area contributed by atoms with Crippen LogP contribution in [0.3, 0.4) is 0 Å². The Hall–Kier alpha value is -0.760. The zero-order valence-electron chi connectivity index (χ0n) is 32.9. The van der Waals surface area contributed by atoms with Crippen molar-refractivity contribution in [1.29, 1.82) is 0 Å². The summed E-state index contributed by atoms with van der Waals surface area (Å²) in [6.45, 7) is 4.83. The van der Waals surface area contributed by atoms with Crippen LogP contribution in [0.5, 0.6) is 0 Å². The number of carbonyl (C=O) groups excluding carboxylic acids is 1. The van der Waals surface area contributed by atoms with Crippen molar-refractivity contribution in [2.24, 2.45) is 5.73 Å². The SMILES string of the molecule is CCCCCCCC/C=C\CCCCCCCCO[C@H](COC(=O)CCCCCCCCCCCCCCCCC)COP(=O)(O)OCCN. The molecule has 2 atom stereocenters. The summed E-state index contributed by atoms with van der Waals surface area (Å²) in [6, 6.07) is 0. The molecule has 0 heterocycles. The molecule has 0 bridgehead atoms. The summed E-state index contributed by atoms with van der Waals surface area (Å²) in [5.74, 6) is -0.267. The second-order valence-electron chi connectivity index (χ2n) is 14.2. The molecule has 0 rings (SSSR count). The van der Waals surface area contributed by atoms with Gasteiger partial charge < -0.3 is 20.1 Å². The van der Waals surface area contributed by atoms with E-state index in [1.807, 2.05) is 0 Å². The highest BCUT2D eigenvalue weighted by molar-refractivity contribution is 7.47. The van der Waals surface area contributed by atoms with Crippen molar-refractivity contribution in [3.63, 3.8) is 0 Å². The van der Waals surface area contributed by atoms with E-state index < -0.39 is 13.9 Å². The van der Waals surface area contributed by atoms with Gasteiger partial charge in [0, 0.05) is 19.6 Å². The number of hydrogen-bond acceptors (Lipinski definition) is 7. The van der Waals surface area contributed by atoms with Crippen LogP contribution >= 0.6 is 7.82 Å². The van der Waals surface area contributed by atoms with Gasteiger partial charge in [-0.1, -0.05) is 174 Å². The number of ether oxygens (including phenoxy) is 2. The summed E-state index contributed by atoms with van der Waals surface area (Å²) < 4.78 is 33.4. The summed E-state index contributed by atoms with van der Waals surface area (Å²) in [7, 11) is -4.24. The second-order valence-corrected chi connectivity index (χ2v) is 15.7. The lowest BCUT2D eigenvalue weighted by Gasteiger charge is -2.20. The van der Waals surface area contributed by atoms with Gasteiger partial charge >= 0.3 is 13.8 Å². The molecule has 0 aliphatic carbocycles. The van der Waals surface area contributed by atoms with E-state index in [4.69, 9.17) is 24.3 Å². The van der Waals surface area contributed by atoms with Gasteiger partial charge in [0.1, 0.15) is 12.7 Å². The van der Waals surface area contributed by atoms with Crippen molar-refractivity contribution in [2.45, 2.75) is 213 Å². The van der Waals surface area contributed by atoms with Gasteiger partial charge in [-0.2, -0.15) is 0 Å². The van der Waals surface area contributed by atoms with Gasteiger partial charge in [-0.25, -0.2) is 4.57 Å². The number of hydrogen-bond donors (Lipinski definition) is 2. The Labute approximate surface area is 309 Å². The molecule has 9 heteroatoms. The van der Waals surface area contributed by atoms with E-state index in [9.17, 15) is 14.3 Å². The van der Waals surface area contributed by atoms with E-state index in [0.29, 0.717) is 13.0 Å². The molecule has 0 fully saturated rings. The average molecular weight is 732 g/mol. The molecule has 3 N–H and O–H groups in total. The maximum Gasteiger partial charge on any atom is 0.472 e. The first-order valence-electron chi connectivity index (χ1n) is 21.2. The standard InChI is InChI=1S/C41H82NO7P/c1-3-5-7-9-11-13-15-17-19-21-23-25-27-29-31-33-36-46-40(39-49-50(44,45)48-37-35-42)38-47-41(43)34-32-30-28-26-24-22-20-18-16-14-12-10-8-6-4-2/h17,19,40H,3-16,18,20-39,42H2,1-2H3,(H,44,45)/b19-17-/t40-/m1/s1. The first-order chi connectivity index (χ1) is 24.4. The summed E-state index contributed by atoms with van der Waals surface area (Å²) in [5.41, 5.74) is 5.37.